The lowest BCUT2D eigenvalue weighted by Crippen LogP contribution is -2.33. The maximum absolute atomic E-state index is 13.1. The number of aliphatic hydroxyl groups is 1. The second kappa shape index (κ2) is 9.50. The van der Waals surface area contributed by atoms with Crippen LogP contribution in [0.25, 0.3) is 5.69 Å². The number of rotatable bonds is 8. The van der Waals surface area contributed by atoms with Crippen LogP contribution >= 0.6 is 0 Å². The molecule has 30 heavy (non-hydrogen) atoms. The third-order valence-corrected chi connectivity index (χ3v) is 5.16. The first-order valence-corrected chi connectivity index (χ1v) is 9.85. The lowest BCUT2D eigenvalue weighted by Gasteiger charge is -2.23. The molecular formula is C24H28N2O4. The van der Waals surface area contributed by atoms with Crippen LogP contribution in [-0.2, 0) is 6.54 Å². The minimum Gasteiger partial charge on any atom is -0.497 e. The smallest absolute Gasteiger partial charge is 0.254 e. The van der Waals surface area contributed by atoms with Crippen LogP contribution in [-0.4, -0.2) is 47.9 Å². The predicted molar refractivity (Wildman–Crippen MR) is 117 cm³/mol. The van der Waals surface area contributed by atoms with E-state index >= 15 is 0 Å². The Bertz CT molecular complexity index is 989. The average molecular weight is 408 g/mol. The highest BCUT2D eigenvalue weighted by molar-refractivity contribution is 5.94. The highest BCUT2D eigenvalue weighted by Crippen LogP contribution is 2.26. The van der Waals surface area contributed by atoms with E-state index in [-0.39, 0.29) is 19.1 Å². The topological polar surface area (TPSA) is 63.9 Å². The number of carbonyl (C=O) groups is 1. The van der Waals surface area contributed by atoms with Crippen molar-refractivity contribution in [3.05, 3.63) is 77.1 Å². The molecule has 0 fully saturated rings. The summed E-state index contributed by atoms with van der Waals surface area (Å²) in [4.78, 5) is 14.8. The van der Waals surface area contributed by atoms with Crippen LogP contribution in [0.3, 0.4) is 0 Å². The molecule has 3 aromatic rings. The molecule has 1 heterocycles. The van der Waals surface area contributed by atoms with Gasteiger partial charge in [0.2, 0.25) is 0 Å². The molecule has 0 aliphatic carbocycles. The normalized spacial score (nSPS) is 10.7. The van der Waals surface area contributed by atoms with Crippen molar-refractivity contribution in [3.8, 4) is 17.2 Å². The number of methoxy groups -OCH3 is 2. The maximum atomic E-state index is 13.1. The molecule has 0 bridgehead atoms. The third kappa shape index (κ3) is 4.49. The number of benzene rings is 2. The molecule has 2 aromatic carbocycles. The van der Waals surface area contributed by atoms with E-state index in [9.17, 15) is 9.90 Å². The van der Waals surface area contributed by atoms with Crippen molar-refractivity contribution in [3.63, 3.8) is 0 Å². The molecule has 1 amide bonds. The van der Waals surface area contributed by atoms with Gasteiger partial charge < -0.3 is 24.0 Å². The van der Waals surface area contributed by atoms with E-state index in [1.165, 1.54) is 0 Å². The molecule has 6 heteroatoms. The second-order valence-corrected chi connectivity index (χ2v) is 7.13. The van der Waals surface area contributed by atoms with Gasteiger partial charge in [-0.05, 0) is 62.4 Å². The molecule has 0 aliphatic heterocycles. The molecule has 0 saturated carbocycles. The van der Waals surface area contributed by atoms with Crippen LogP contribution in [0, 0.1) is 13.8 Å². The van der Waals surface area contributed by atoms with Crippen molar-refractivity contribution in [2.45, 2.75) is 20.4 Å². The van der Waals surface area contributed by atoms with Crippen LogP contribution in [0.15, 0.2) is 54.6 Å². The predicted octanol–water partition coefficient (Wildman–Crippen LogP) is 3.75. The van der Waals surface area contributed by atoms with Gasteiger partial charge in [-0.25, -0.2) is 0 Å². The minimum absolute atomic E-state index is 0.121. The Balaban J connectivity index is 1.84. The molecule has 3 rings (SSSR count). The van der Waals surface area contributed by atoms with Crippen LogP contribution in [0.1, 0.15) is 27.3 Å². The van der Waals surface area contributed by atoms with E-state index in [1.807, 2.05) is 36.4 Å². The summed E-state index contributed by atoms with van der Waals surface area (Å²) >= 11 is 0. The number of ether oxygens (including phenoxy) is 2. The first kappa shape index (κ1) is 21.5. The van der Waals surface area contributed by atoms with Crippen LogP contribution in [0.5, 0.6) is 11.5 Å². The summed E-state index contributed by atoms with van der Waals surface area (Å²) in [6.07, 6.45) is 0. The Kier molecular flexibility index (Phi) is 6.79. The molecule has 0 aliphatic rings. The van der Waals surface area contributed by atoms with E-state index in [0.29, 0.717) is 23.6 Å². The van der Waals surface area contributed by atoms with Crippen molar-refractivity contribution in [1.29, 1.82) is 0 Å². The van der Waals surface area contributed by atoms with Gasteiger partial charge in [0.25, 0.3) is 5.91 Å². The Hall–Kier alpha value is -3.25. The summed E-state index contributed by atoms with van der Waals surface area (Å²) < 4.78 is 12.8. The zero-order valence-electron chi connectivity index (χ0n) is 17.9. The third-order valence-electron chi connectivity index (χ3n) is 5.16. The Morgan fingerprint density at radius 1 is 0.967 bits per heavy atom. The largest absolute Gasteiger partial charge is 0.497 e. The van der Waals surface area contributed by atoms with Gasteiger partial charge in [-0.2, -0.15) is 0 Å². The maximum Gasteiger partial charge on any atom is 0.254 e. The fourth-order valence-electron chi connectivity index (χ4n) is 3.57. The quantitative estimate of drug-likeness (QED) is 0.617. The van der Waals surface area contributed by atoms with Gasteiger partial charge in [0, 0.05) is 47.4 Å². The molecule has 158 valence electrons. The summed E-state index contributed by atoms with van der Waals surface area (Å²) in [7, 11) is 3.18. The van der Waals surface area contributed by atoms with Crippen LogP contribution in [0.4, 0.5) is 0 Å². The number of hydrogen-bond donors (Lipinski definition) is 1. The molecule has 0 spiro atoms. The molecule has 6 nitrogen and oxygen atoms in total. The summed E-state index contributed by atoms with van der Waals surface area (Å²) in [6, 6.07) is 17.2. The van der Waals surface area contributed by atoms with Gasteiger partial charge in [-0.1, -0.05) is 0 Å². The van der Waals surface area contributed by atoms with Gasteiger partial charge in [0.15, 0.2) is 0 Å². The molecular weight excluding hydrogens is 380 g/mol. The summed E-state index contributed by atoms with van der Waals surface area (Å²) in [5, 5.41) is 9.50. The SMILES string of the molecule is COc1ccc(CN(CCO)C(=O)c2ccc(-n3c(C)ccc3C)cc2)c(OC)c1. The number of aromatic nitrogens is 1. The molecule has 1 N–H and O–H groups in total. The average Bonchev–Trinajstić information content (AvgIpc) is 3.11. The van der Waals surface area contributed by atoms with Gasteiger partial charge in [0.05, 0.1) is 20.8 Å². The highest BCUT2D eigenvalue weighted by atomic mass is 16.5. The Labute approximate surface area is 177 Å². The van der Waals surface area contributed by atoms with Crippen molar-refractivity contribution in [1.82, 2.24) is 9.47 Å². The van der Waals surface area contributed by atoms with E-state index in [2.05, 4.69) is 30.5 Å². The van der Waals surface area contributed by atoms with Crippen molar-refractivity contribution in [2.24, 2.45) is 0 Å². The standard InChI is InChI=1S/C24H28N2O4/c1-17-5-6-18(2)26(17)21-10-7-19(8-11-21)24(28)25(13-14-27)16-20-9-12-22(29-3)15-23(20)30-4/h5-12,15,27H,13-14,16H2,1-4H3. The first-order chi connectivity index (χ1) is 14.5. The molecule has 0 saturated heterocycles. The number of aryl methyl sites for hydroxylation is 2. The Morgan fingerprint density at radius 3 is 2.20 bits per heavy atom. The van der Waals surface area contributed by atoms with Gasteiger partial charge in [-0.15, -0.1) is 0 Å². The zero-order chi connectivity index (χ0) is 21.7. The number of amides is 1. The molecule has 0 unspecified atom stereocenters. The van der Waals surface area contributed by atoms with Crippen LogP contribution < -0.4 is 9.47 Å². The number of carbonyl (C=O) groups excluding carboxylic acids is 1. The van der Waals surface area contributed by atoms with Crippen molar-refractivity contribution >= 4 is 5.91 Å². The number of hydrogen-bond acceptors (Lipinski definition) is 4. The van der Waals surface area contributed by atoms with E-state index in [4.69, 9.17) is 9.47 Å². The highest BCUT2D eigenvalue weighted by Gasteiger charge is 2.18. The monoisotopic (exact) mass is 408 g/mol. The molecule has 1 aromatic heterocycles. The number of aliphatic hydroxyl groups excluding tert-OH is 1. The van der Waals surface area contributed by atoms with Gasteiger partial charge >= 0.3 is 0 Å². The molecule has 0 radical (unpaired) electrons. The summed E-state index contributed by atoms with van der Waals surface area (Å²) in [5.41, 5.74) is 4.70. The van der Waals surface area contributed by atoms with Gasteiger partial charge in [-0.3, -0.25) is 4.79 Å². The van der Waals surface area contributed by atoms with E-state index in [0.717, 1.165) is 22.6 Å². The van der Waals surface area contributed by atoms with E-state index < -0.39 is 0 Å². The zero-order valence-corrected chi connectivity index (χ0v) is 17.9. The fourth-order valence-corrected chi connectivity index (χ4v) is 3.57. The van der Waals surface area contributed by atoms with Gasteiger partial charge in [0.1, 0.15) is 11.5 Å². The second-order valence-electron chi connectivity index (χ2n) is 7.13. The lowest BCUT2D eigenvalue weighted by atomic mass is 10.1. The minimum atomic E-state index is -0.144. The van der Waals surface area contributed by atoms with Crippen LogP contribution in [0.2, 0.25) is 0 Å². The summed E-state index contributed by atoms with van der Waals surface area (Å²) in [5.74, 6) is 1.18. The van der Waals surface area contributed by atoms with Crippen molar-refractivity contribution in [2.75, 3.05) is 27.4 Å². The summed E-state index contributed by atoms with van der Waals surface area (Å²) in [6.45, 7) is 4.54. The number of nitrogens with zero attached hydrogens (tertiary/aromatic N) is 2. The Morgan fingerprint density at radius 2 is 1.63 bits per heavy atom. The van der Waals surface area contributed by atoms with E-state index in [1.54, 1.807) is 25.2 Å². The molecule has 0 atom stereocenters. The first-order valence-electron chi connectivity index (χ1n) is 9.85. The lowest BCUT2D eigenvalue weighted by molar-refractivity contribution is 0.0706. The fraction of sp³-hybridized carbons (Fsp3) is 0.292. The van der Waals surface area contributed by atoms with Crippen molar-refractivity contribution < 1.29 is 19.4 Å².